The highest BCUT2D eigenvalue weighted by Gasteiger charge is 2.25. The summed E-state index contributed by atoms with van der Waals surface area (Å²) in [6.07, 6.45) is -0.752. The van der Waals surface area contributed by atoms with E-state index < -0.39 is 11.7 Å². The average molecular weight is 196 g/mol. The van der Waals surface area contributed by atoms with Gasteiger partial charge in [-0.05, 0) is 12.5 Å². The predicted molar refractivity (Wildman–Crippen MR) is 53.7 cm³/mol. The lowest BCUT2D eigenvalue weighted by Gasteiger charge is -2.25. The van der Waals surface area contributed by atoms with Crippen LogP contribution in [0.25, 0.3) is 0 Å². The van der Waals surface area contributed by atoms with Gasteiger partial charge in [-0.1, -0.05) is 30.3 Å². The number of hydrogen-bond donors (Lipinski definition) is 3. The van der Waals surface area contributed by atoms with Crippen LogP contribution >= 0.6 is 0 Å². The van der Waals surface area contributed by atoms with Crippen LogP contribution in [0.2, 0.25) is 0 Å². The maximum atomic E-state index is 10.0. The molecule has 0 spiro atoms. The normalized spacial score (nSPS) is 17.4. The van der Waals surface area contributed by atoms with Crippen molar-refractivity contribution >= 4 is 0 Å². The lowest BCUT2D eigenvalue weighted by molar-refractivity contribution is -0.0178. The lowest BCUT2D eigenvalue weighted by atomic mass is 9.90. The first-order valence-electron chi connectivity index (χ1n) is 4.63. The van der Waals surface area contributed by atoms with Crippen molar-refractivity contribution in [2.75, 3.05) is 6.61 Å². The van der Waals surface area contributed by atoms with Crippen molar-refractivity contribution in [3.05, 3.63) is 35.9 Å². The SMILES string of the molecule is C[C@@](O)(C[C@@H](O)CO)c1ccccc1. The van der Waals surface area contributed by atoms with Crippen molar-refractivity contribution < 1.29 is 15.3 Å². The summed E-state index contributed by atoms with van der Waals surface area (Å²) in [7, 11) is 0. The van der Waals surface area contributed by atoms with Gasteiger partial charge in [0.05, 0.1) is 18.3 Å². The van der Waals surface area contributed by atoms with Gasteiger partial charge >= 0.3 is 0 Å². The molecule has 3 N–H and O–H groups in total. The first-order valence-corrected chi connectivity index (χ1v) is 4.63. The smallest absolute Gasteiger partial charge is 0.0894 e. The zero-order valence-corrected chi connectivity index (χ0v) is 8.22. The summed E-state index contributed by atoms with van der Waals surface area (Å²) < 4.78 is 0. The highest BCUT2D eigenvalue weighted by atomic mass is 16.3. The molecule has 0 radical (unpaired) electrons. The van der Waals surface area contributed by atoms with Crippen molar-refractivity contribution in [2.24, 2.45) is 0 Å². The second kappa shape index (κ2) is 4.55. The molecular formula is C11H16O3. The third-order valence-corrected chi connectivity index (χ3v) is 2.24. The second-order valence-corrected chi connectivity index (χ2v) is 3.68. The van der Waals surface area contributed by atoms with E-state index in [0.29, 0.717) is 0 Å². The minimum Gasteiger partial charge on any atom is -0.394 e. The molecule has 0 saturated heterocycles. The van der Waals surface area contributed by atoms with Crippen LogP contribution in [-0.2, 0) is 5.60 Å². The molecule has 0 fully saturated rings. The number of benzene rings is 1. The van der Waals surface area contributed by atoms with E-state index in [9.17, 15) is 10.2 Å². The summed E-state index contributed by atoms with van der Waals surface area (Å²) in [5, 5.41) is 27.9. The predicted octanol–water partition coefficient (Wildman–Crippen LogP) is 0.637. The van der Waals surface area contributed by atoms with Crippen LogP contribution in [0.3, 0.4) is 0 Å². The standard InChI is InChI=1S/C11H16O3/c1-11(14,7-10(13)8-12)9-5-3-2-4-6-9/h2-6,10,12-14H,7-8H2,1H3/t10-,11-/m1/s1. The van der Waals surface area contributed by atoms with E-state index in [0.717, 1.165) is 5.56 Å². The Morgan fingerprint density at radius 1 is 1.29 bits per heavy atom. The maximum Gasteiger partial charge on any atom is 0.0894 e. The number of aliphatic hydroxyl groups excluding tert-OH is 2. The molecule has 0 saturated carbocycles. The first-order chi connectivity index (χ1) is 6.56. The third kappa shape index (κ3) is 2.80. The minimum absolute atomic E-state index is 0.132. The van der Waals surface area contributed by atoms with E-state index in [4.69, 9.17) is 5.11 Å². The Kier molecular flexibility index (Phi) is 3.63. The Labute approximate surface area is 83.6 Å². The number of aliphatic hydroxyl groups is 3. The highest BCUT2D eigenvalue weighted by molar-refractivity contribution is 5.21. The summed E-state index contributed by atoms with van der Waals surface area (Å²) in [6.45, 7) is 1.30. The van der Waals surface area contributed by atoms with Gasteiger partial charge in [-0.15, -0.1) is 0 Å². The average Bonchev–Trinajstić information content (AvgIpc) is 2.18. The summed E-state index contributed by atoms with van der Waals surface area (Å²) in [6, 6.07) is 9.11. The Balaban J connectivity index is 2.75. The van der Waals surface area contributed by atoms with Crippen molar-refractivity contribution in [3.8, 4) is 0 Å². The summed E-state index contributed by atoms with van der Waals surface area (Å²) >= 11 is 0. The summed E-state index contributed by atoms with van der Waals surface area (Å²) in [4.78, 5) is 0. The van der Waals surface area contributed by atoms with Crippen molar-refractivity contribution in [2.45, 2.75) is 25.0 Å². The van der Waals surface area contributed by atoms with Gasteiger partial charge in [0.1, 0.15) is 0 Å². The summed E-state index contributed by atoms with van der Waals surface area (Å²) in [5.74, 6) is 0. The molecule has 1 aromatic rings. The van der Waals surface area contributed by atoms with Crippen LogP contribution in [0.1, 0.15) is 18.9 Å². The van der Waals surface area contributed by atoms with Crippen LogP contribution < -0.4 is 0 Å². The van der Waals surface area contributed by atoms with Crippen molar-refractivity contribution in [3.63, 3.8) is 0 Å². The highest BCUT2D eigenvalue weighted by Crippen LogP contribution is 2.25. The molecular weight excluding hydrogens is 180 g/mol. The van der Waals surface area contributed by atoms with Crippen LogP contribution in [-0.4, -0.2) is 28.0 Å². The minimum atomic E-state index is -1.09. The second-order valence-electron chi connectivity index (χ2n) is 3.68. The van der Waals surface area contributed by atoms with Crippen molar-refractivity contribution in [1.29, 1.82) is 0 Å². The maximum absolute atomic E-state index is 10.0. The molecule has 2 atom stereocenters. The number of hydrogen-bond acceptors (Lipinski definition) is 3. The molecule has 1 rings (SSSR count). The molecule has 0 aliphatic heterocycles. The summed E-state index contributed by atoms with van der Waals surface area (Å²) in [5.41, 5.74) is -0.351. The van der Waals surface area contributed by atoms with Gasteiger partial charge in [0, 0.05) is 6.42 Å². The third-order valence-electron chi connectivity index (χ3n) is 2.24. The van der Waals surface area contributed by atoms with Crippen molar-refractivity contribution in [1.82, 2.24) is 0 Å². The van der Waals surface area contributed by atoms with Gasteiger partial charge in [-0.2, -0.15) is 0 Å². The molecule has 0 amide bonds. The fourth-order valence-corrected chi connectivity index (χ4v) is 1.44. The topological polar surface area (TPSA) is 60.7 Å². The van der Waals surface area contributed by atoms with Crippen LogP contribution in [0.4, 0.5) is 0 Å². The molecule has 0 bridgehead atoms. The van der Waals surface area contributed by atoms with Crippen LogP contribution in [0.5, 0.6) is 0 Å². The van der Waals surface area contributed by atoms with E-state index in [1.54, 1.807) is 19.1 Å². The molecule has 0 aliphatic rings. The molecule has 0 unspecified atom stereocenters. The first kappa shape index (κ1) is 11.2. The van der Waals surface area contributed by atoms with Gasteiger partial charge in [-0.25, -0.2) is 0 Å². The van der Waals surface area contributed by atoms with Gasteiger partial charge in [0.15, 0.2) is 0 Å². The Bertz CT molecular complexity index is 269. The molecule has 14 heavy (non-hydrogen) atoms. The molecule has 3 heteroatoms. The molecule has 1 aromatic carbocycles. The lowest BCUT2D eigenvalue weighted by Crippen LogP contribution is -2.29. The Morgan fingerprint density at radius 3 is 2.36 bits per heavy atom. The quantitative estimate of drug-likeness (QED) is 0.662. The van der Waals surface area contributed by atoms with E-state index in [2.05, 4.69) is 0 Å². The molecule has 78 valence electrons. The van der Waals surface area contributed by atoms with Crippen LogP contribution in [0, 0.1) is 0 Å². The van der Waals surface area contributed by atoms with Gasteiger partial charge in [0.2, 0.25) is 0 Å². The largest absolute Gasteiger partial charge is 0.394 e. The van der Waals surface area contributed by atoms with Gasteiger partial charge in [0.25, 0.3) is 0 Å². The van der Waals surface area contributed by atoms with E-state index in [-0.39, 0.29) is 13.0 Å². The van der Waals surface area contributed by atoms with E-state index in [1.807, 2.05) is 18.2 Å². The molecule has 0 heterocycles. The van der Waals surface area contributed by atoms with E-state index >= 15 is 0 Å². The monoisotopic (exact) mass is 196 g/mol. The zero-order chi connectivity index (χ0) is 10.6. The van der Waals surface area contributed by atoms with E-state index in [1.165, 1.54) is 0 Å². The fraction of sp³-hybridized carbons (Fsp3) is 0.455. The van der Waals surface area contributed by atoms with Gasteiger partial charge in [-0.3, -0.25) is 0 Å². The Hall–Kier alpha value is -0.900. The molecule has 3 nitrogen and oxygen atoms in total. The van der Waals surface area contributed by atoms with Crippen LogP contribution in [0.15, 0.2) is 30.3 Å². The Morgan fingerprint density at radius 2 is 1.86 bits per heavy atom. The van der Waals surface area contributed by atoms with Gasteiger partial charge < -0.3 is 15.3 Å². The zero-order valence-electron chi connectivity index (χ0n) is 8.22. The fourth-order valence-electron chi connectivity index (χ4n) is 1.44. The molecule has 0 aliphatic carbocycles. The number of rotatable bonds is 4. The molecule has 0 aromatic heterocycles.